The molecule has 0 bridgehead atoms. The zero-order valence-electron chi connectivity index (χ0n) is 15.8. The summed E-state index contributed by atoms with van der Waals surface area (Å²) in [6.07, 6.45) is 0. The molecule has 1 heterocycles. The van der Waals surface area contributed by atoms with Gasteiger partial charge in [-0.2, -0.15) is 0 Å². The minimum Gasteiger partial charge on any atom is -0.363 e. The number of nitrogens with zero attached hydrogens (tertiary/aromatic N) is 2. The van der Waals surface area contributed by atoms with Gasteiger partial charge in [-0.05, 0) is 38.0 Å². The second-order valence-electron chi connectivity index (χ2n) is 6.27. The molecule has 0 atom stereocenters. The van der Waals surface area contributed by atoms with E-state index in [1.54, 1.807) is 32.0 Å². The van der Waals surface area contributed by atoms with Crippen molar-refractivity contribution >= 4 is 15.8 Å². The quantitative estimate of drug-likeness (QED) is 0.597. The zero-order chi connectivity index (χ0) is 19.6. The summed E-state index contributed by atoms with van der Waals surface area (Å²) in [7, 11) is -2.49. The number of aromatic nitrogens is 1. The van der Waals surface area contributed by atoms with Crippen LogP contribution in [0.15, 0.2) is 57.9 Å². The van der Waals surface area contributed by atoms with Gasteiger partial charge in [-0.25, -0.2) is 12.7 Å². The van der Waals surface area contributed by atoms with Crippen LogP contribution in [0.3, 0.4) is 0 Å². The maximum absolute atomic E-state index is 13.6. The summed E-state index contributed by atoms with van der Waals surface area (Å²) in [5.74, 6) is 0.794. The summed E-state index contributed by atoms with van der Waals surface area (Å²) in [5, 5.41) is 3.94. The fourth-order valence-electron chi connectivity index (χ4n) is 2.91. The normalized spacial score (nSPS) is 11.6. The molecule has 0 aliphatic heterocycles. The molecule has 0 aliphatic carbocycles. The third-order valence-electron chi connectivity index (χ3n) is 4.51. The molecule has 27 heavy (non-hydrogen) atoms. The first-order valence-electron chi connectivity index (χ1n) is 8.47. The average molecular weight is 386 g/mol. The molecule has 0 N–H and O–H groups in total. The number of hydrogen-bond donors (Lipinski definition) is 0. The van der Waals surface area contributed by atoms with E-state index in [1.165, 1.54) is 7.11 Å². The summed E-state index contributed by atoms with van der Waals surface area (Å²) < 4.78 is 38.6. The smallest absolute Gasteiger partial charge is 0.268 e. The van der Waals surface area contributed by atoms with Crippen molar-refractivity contribution in [1.29, 1.82) is 0 Å². The molecule has 7 heteroatoms. The van der Waals surface area contributed by atoms with Gasteiger partial charge in [0.05, 0.1) is 4.90 Å². The van der Waals surface area contributed by atoms with Crippen LogP contribution in [0.25, 0.3) is 11.1 Å². The third-order valence-corrected chi connectivity index (χ3v) is 6.28. The molecule has 0 spiro atoms. The SMILES string of the molecule is COCN(c1noc(C)c1C)S(=O)(=O)c1ccccc1-c1ccccc1C. The molecule has 0 unspecified atom stereocenters. The lowest BCUT2D eigenvalue weighted by atomic mass is 10.0. The molecule has 0 radical (unpaired) electrons. The molecule has 2 aromatic carbocycles. The van der Waals surface area contributed by atoms with E-state index in [0.29, 0.717) is 16.9 Å². The molecule has 1 aromatic heterocycles. The Morgan fingerprint density at radius 1 is 1.00 bits per heavy atom. The molecule has 0 amide bonds. The molecule has 3 rings (SSSR count). The standard InChI is InChI=1S/C20H22N2O4S/c1-14-9-5-6-10-17(14)18-11-7-8-12-19(18)27(23,24)22(13-25-4)20-15(2)16(3)26-21-20/h5-12H,13H2,1-4H3. The van der Waals surface area contributed by atoms with Gasteiger partial charge in [-0.3, -0.25) is 0 Å². The lowest BCUT2D eigenvalue weighted by Crippen LogP contribution is -2.34. The molecule has 6 nitrogen and oxygen atoms in total. The van der Waals surface area contributed by atoms with Crippen molar-refractivity contribution in [2.45, 2.75) is 25.7 Å². The van der Waals surface area contributed by atoms with Crippen molar-refractivity contribution in [3.63, 3.8) is 0 Å². The summed E-state index contributed by atoms with van der Waals surface area (Å²) >= 11 is 0. The Morgan fingerprint density at radius 2 is 1.63 bits per heavy atom. The Labute approximate surface area is 159 Å². The van der Waals surface area contributed by atoms with Crippen LogP contribution >= 0.6 is 0 Å². The minimum atomic E-state index is -3.94. The maximum Gasteiger partial charge on any atom is 0.268 e. The van der Waals surface area contributed by atoms with E-state index in [-0.39, 0.29) is 17.4 Å². The van der Waals surface area contributed by atoms with Crippen molar-refractivity contribution in [3.8, 4) is 11.1 Å². The average Bonchev–Trinajstić information content (AvgIpc) is 2.99. The highest BCUT2D eigenvalue weighted by Crippen LogP contribution is 2.34. The number of anilines is 1. The fraction of sp³-hybridized carbons (Fsp3) is 0.250. The number of aryl methyl sites for hydroxylation is 2. The van der Waals surface area contributed by atoms with E-state index in [2.05, 4.69) is 5.16 Å². The molecular weight excluding hydrogens is 364 g/mol. The van der Waals surface area contributed by atoms with Gasteiger partial charge in [-0.15, -0.1) is 0 Å². The van der Waals surface area contributed by atoms with Crippen LogP contribution in [0.1, 0.15) is 16.9 Å². The van der Waals surface area contributed by atoms with Crippen LogP contribution in [0.5, 0.6) is 0 Å². The Morgan fingerprint density at radius 3 is 2.22 bits per heavy atom. The molecule has 0 saturated carbocycles. The van der Waals surface area contributed by atoms with Crippen LogP contribution in [-0.2, 0) is 14.8 Å². The van der Waals surface area contributed by atoms with Gasteiger partial charge in [0.25, 0.3) is 10.0 Å². The Balaban J connectivity index is 2.20. The van der Waals surface area contributed by atoms with Gasteiger partial charge >= 0.3 is 0 Å². The lowest BCUT2D eigenvalue weighted by molar-refractivity contribution is 0.208. The second-order valence-corrected chi connectivity index (χ2v) is 8.10. The van der Waals surface area contributed by atoms with E-state index in [1.807, 2.05) is 37.3 Å². The van der Waals surface area contributed by atoms with Crippen molar-refractivity contribution < 1.29 is 17.7 Å². The molecule has 0 fully saturated rings. The molecule has 142 valence electrons. The van der Waals surface area contributed by atoms with Gasteiger partial charge in [0.2, 0.25) is 0 Å². The highest BCUT2D eigenvalue weighted by Gasteiger charge is 2.31. The summed E-state index contributed by atoms with van der Waals surface area (Å²) in [5.41, 5.74) is 3.15. The molecule has 0 aliphatic rings. The van der Waals surface area contributed by atoms with E-state index in [9.17, 15) is 8.42 Å². The summed E-state index contributed by atoms with van der Waals surface area (Å²) in [6, 6.07) is 14.6. The van der Waals surface area contributed by atoms with Crippen molar-refractivity contribution in [2.24, 2.45) is 0 Å². The topological polar surface area (TPSA) is 72.6 Å². The number of hydrogen-bond acceptors (Lipinski definition) is 5. The van der Waals surface area contributed by atoms with Gasteiger partial charge in [0.1, 0.15) is 12.5 Å². The van der Waals surface area contributed by atoms with Gasteiger partial charge in [0.15, 0.2) is 5.82 Å². The van der Waals surface area contributed by atoms with Crippen molar-refractivity contribution in [2.75, 3.05) is 18.1 Å². The van der Waals surface area contributed by atoms with Crippen LogP contribution in [-0.4, -0.2) is 27.4 Å². The number of ether oxygens (including phenoxy) is 1. The first-order valence-corrected chi connectivity index (χ1v) is 9.91. The molecule has 3 aromatic rings. The van der Waals surface area contributed by atoms with E-state index in [4.69, 9.17) is 9.26 Å². The molecule has 0 saturated heterocycles. The number of benzene rings is 2. The summed E-state index contributed by atoms with van der Waals surface area (Å²) in [4.78, 5) is 0.191. The monoisotopic (exact) mass is 386 g/mol. The number of rotatable bonds is 6. The number of methoxy groups -OCH3 is 1. The van der Waals surface area contributed by atoms with E-state index >= 15 is 0 Å². The Kier molecular flexibility index (Phi) is 5.34. The van der Waals surface area contributed by atoms with E-state index < -0.39 is 10.0 Å². The van der Waals surface area contributed by atoms with Crippen molar-refractivity contribution in [1.82, 2.24) is 5.16 Å². The Hall–Kier alpha value is -2.64. The third kappa shape index (κ3) is 3.48. The van der Waals surface area contributed by atoms with Crippen LogP contribution in [0.2, 0.25) is 0 Å². The number of sulfonamides is 1. The van der Waals surface area contributed by atoms with Crippen LogP contribution in [0, 0.1) is 20.8 Å². The van der Waals surface area contributed by atoms with Gasteiger partial charge in [-0.1, -0.05) is 47.6 Å². The van der Waals surface area contributed by atoms with Crippen molar-refractivity contribution in [3.05, 3.63) is 65.4 Å². The highest BCUT2D eigenvalue weighted by atomic mass is 32.2. The lowest BCUT2D eigenvalue weighted by Gasteiger charge is -2.23. The summed E-state index contributed by atoms with van der Waals surface area (Å²) in [6.45, 7) is 5.30. The zero-order valence-corrected chi connectivity index (χ0v) is 16.6. The Bertz CT molecular complexity index is 1060. The van der Waals surface area contributed by atoms with Crippen LogP contribution in [0.4, 0.5) is 5.82 Å². The second kappa shape index (κ2) is 7.54. The maximum atomic E-state index is 13.6. The van der Waals surface area contributed by atoms with E-state index in [0.717, 1.165) is 15.4 Å². The van der Waals surface area contributed by atoms with Crippen LogP contribution < -0.4 is 4.31 Å². The molecular formula is C20H22N2O4S. The van der Waals surface area contributed by atoms with Gasteiger partial charge in [0, 0.05) is 18.2 Å². The predicted molar refractivity (Wildman–Crippen MR) is 104 cm³/mol. The predicted octanol–water partition coefficient (Wildman–Crippen LogP) is 4.07. The minimum absolute atomic E-state index is 0.169. The fourth-order valence-corrected chi connectivity index (χ4v) is 4.49. The van der Waals surface area contributed by atoms with Gasteiger partial charge < -0.3 is 9.26 Å². The first-order chi connectivity index (χ1) is 12.9. The largest absolute Gasteiger partial charge is 0.363 e. The first kappa shape index (κ1) is 19.1. The highest BCUT2D eigenvalue weighted by molar-refractivity contribution is 7.93.